The molecule has 0 aliphatic carbocycles. The predicted molar refractivity (Wildman–Crippen MR) is 123 cm³/mol. The molecule has 0 aliphatic rings. The zero-order valence-corrected chi connectivity index (χ0v) is 19.0. The third-order valence-electron chi connectivity index (χ3n) is 4.07. The van der Waals surface area contributed by atoms with E-state index in [1.54, 1.807) is 36.4 Å². The van der Waals surface area contributed by atoms with Crippen molar-refractivity contribution in [3.63, 3.8) is 0 Å². The van der Waals surface area contributed by atoms with Gasteiger partial charge < -0.3 is 14.8 Å². The zero-order valence-electron chi connectivity index (χ0n) is 16.7. The number of amides is 1. The number of hydrogen-bond acceptors (Lipinski definition) is 6. The van der Waals surface area contributed by atoms with Gasteiger partial charge in [0.15, 0.2) is 11.0 Å². The molecule has 0 bridgehead atoms. The van der Waals surface area contributed by atoms with E-state index in [2.05, 4.69) is 22.1 Å². The molecule has 1 amide bonds. The number of benzene rings is 2. The SMILES string of the molecule is C=CCn1c(COc2ccccc2Cl)nnc1SCC(=O)Nc1cc(Cl)ccc1OC. The van der Waals surface area contributed by atoms with Gasteiger partial charge in [-0.1, -0.05) is 53.2 Å². The second kappa shape index (κ2) is 11.1. The minimum atomic E-state index is -0.229. The van der Waals surface area contributed by atoms with E-state index in [0.717, 1.165) is 0 Å². The summed E-state index contributed by atoms with van der Waals surface area (Å²) in [6.07, 6.45) is 1.73. The highest BCUT2D eigenvalue weighted by atomic mass is 35.5. The average molecular weight is 479 g/mol. The van der Waals surface area contributed by atoms with Gasteiger partial charge in [0.2, 0.25) is 5.91 Å². The largest absolute Gasteiger partial charge is 0.495 e. The Bertz CT molecular complexity index is 1070. The number of methoxy groups -OCH3 is 1. The summed E-state index contributed by atoms with van der Waals surface area (Å²) in [5, 5.41) is 12.8. The molecule has 3 rings (SSSR count). The lowest BCUT2D eigenvalue weighted by atomic mass is 10.3. The Morgan fingerprint density at radius 1 is 1.23 bits per heavy atom. The summed E-state index contributed by atoms with van der Waals surface area (Å²) in [7, 11) is 1.53. The van der Waals surface area contributed by atoms with Crippen LogP contribution >= 0.6 is 35.0 Å². The maximum atomic E-state index is 12.4. The summed E-state index contributed by atoms with van der Waals surface area (Å²) in [4.78, 5) is 12.4. The molecule has 1 heterocycles. The minimum Gasteiger partial charge on any atom is -0.495 e. The van der Waals surface area contributed by atoms with Crippen LogP contribution in [0.3, 0.4) is 0 Å². The fourth-order valence-electron chi connectivity index (χ4n) is 2.64. The highest BCUT2D eigenvalue weighted by molar-refractivity contribution is 7.99. The molecule has 31 heavy (non-hydrogen) atoms. The van der Waals surface area contributed by atoms with Gasteiger partial charge in [-0.2, -0.15) is 0 Å². The van der Waals surface area contributed by atoms with Crippen LogP contribution in [0, 0.1) is 0 Å². The van der Waals surface area contributed by atoms with Crippen molar-refractivity contribution in [3.05, 3.63) is 71.0 Å². The molecule has 1 aromatic heterocycles. The number of carbonyl (C=O) groups excluding carboxylic acids is 1. The van der Waals surface area contributed by atoms with Gasteiger partial charge in [-0.3, -0.25) is 9.36 Å². The summed E-state index contributed by atoms with van der Waals surface area (Å²) in [6.45, 7) is 4.43. The van der Waals surface area contributed by atoms with Crippen molar-refractivity contribution in [1.29, 1.82) is 0 Å². The number of nitrogens with one attached hydrogen (secondary N) is 1. The van der Waals surface area contributed by atoms with Gasteiger partial charge in [-0.25, -0.2) is 0 Å². The fraction of sp³-hybridized carbons (Fsp3) is 0.190. The average Bonchev–Trinajstić information content (AvgIpc) is 3.14. The Balaban J connectivity index is 1.65. The standard InChI is InChI=1S/C21H20Cl2N4O3S/c1-3-10-27-19(12-30-17-7-5-4-6-15(17)23)25-26-21(27)31-13-20(28)24-16-11-14(22)8-9-18(16)29-2/h3-9,11H,1,10,12-13H2,2H3,(H,24,28). The summed E-state index contributed by atoms with van der Waals surface area (Å²) < 4.78 is 12.8. The normalized spacial score (nSPS) is 10.5. The molecule has 3 aromatic rings. The molecule has 1 N–H and O–H groups in total. The van der Waals surface area contributed by atoms with Crippen LogP contribution in [0.1, 0.15) is 5.82 Å². The maximum Gasteiger partial charge on any atom is 0.234 e. The van der Waals surface area contributed by atoms with Crippen molar-refractivity contribution in [2.24, 2.45) is 0 Å². The molecule has 0 aliphatic heterocycles. The van der Waals surface area contributed by atoms with E-state index < -0.39 is 0 Å². The molecule has 7 nitrogen and oxygen atoms in total. The van der Waals surface area contributed by atoms with E-state index in [4.69, 9.17) is 32.7 Å². The smallest absolute Gasteiger partial charge is 0.234 e. The fourth-order valence-corrected chi connectivity index (χ4v) is 3.77. The Morgan fingerprint density at radius 3 is 2.77 bits per heavy atom. The third-order valence-corrected chi connectivity index (χ3v) is 5.58. The molecule has 0 unspecified atom stereocenters. The quantitative estimate of drug-likeness (QED) is 0.323. The third kappa shape index (κ3) is 6.16. The maximum absolute atomic E-state index is 12.4. The molecule has 0 fully saturated rings. The van der Waals surface area contributed by atoms with Crippen LogP contribution in [0.25, 0.3) is 0 Å². The number of allylic oxidation sites excluding steroid dienone is 1. The van der Waals surface area contributed by atoms with Crippen molar-refractivity contribution in [3.8, 4) is 11.5 Å². The Morgan fingerprint density at radius 2 is 2.03 bits per heavy atom. The van der Waals surface area contributed by atoms with Gasteiger partial charge in [0.25, 0.3) is 0 Å². The summed E-state index contributed by atoms with van der Waals surface area (Å²) >= 11 is 13.4. The second-order valence-corrected chi connectivity index (χ2v) is 7.98. The first-order valence-electron chi connectivity index (χ1n) is 9.18. The Kier molecular flexibility index (Phi) is 8.22. The van der Waals surface area contributed by atoms with Gasteiger partial charge in [0.05, 0.1) is 23.6 Å². The van der Waals surface area contributed by atoms with Crippen molar-refractivity contribution < 1.29 is 14.3 Å². The first-order valence-corrected chi connectivity index (χ1v) is 10.9. The van der Waals surface area contributed by atoms with Crippen LogP contribution in [0.2, 0.25) is 10.0 Å². The Hall–Kier alpha value is -2.68. The number of para-hydroxylation sites is 1. The van der Waals surface area contributed by atoms with Crippen LogP contribution in [-0.4, -0.2) is 33.5 Å². The number of anilines is 1. The molecule has 0 spiro atoms. The van der Waals surface area contributed by atoms with Gasteiger partial charge in [0.1, 0.15) is 18.1 Å². The highest BCUT2D eigenvalue weighted by Gasteiger charge is 2.15. The van der Waals surface area contributed by atoms with E-state index in [-0.39, 0.29) is 18.3 Å². The number of halogens is 2. The van der Waals surface area contributed by atoms with E-state index in [0.29, 0.717) is 44.8 Å². The topological polar surface area (TPSA) is 78.3 Å². The summed E-state index contributed by atoms with van der Waals surface area (Å²) in [6, 6.07) is 12.2. The minimum absolute atomic E-state index is 0.121. The van der Waals surface area contributed by atoms with Crippen LogP contribution in [0.15, 0.2) is 60.3 Å². The first-order chi connectivity index (χ1) is 15.0. The van der Waals surface area contributed by atoms with Crippen LogP contribution < -0.4 is 14.8 Å². The van der Waals surface area contributed by atoms with Crippen molar-refractivity contribution in [2.45, 2.75) is 18.3 Å². The zero-order chi connectivity index (χ0) is 22.2. The number of aromatic nitrogens is 3. The molecule has 2 aromatic carbocycles. The van der Waals surface area contributed by atoms with Crippen molar-refractivity contribution in [1.82, 2.24) is 14.8 Å². The molecular formula is C21H20Cl2N4O3S. The van der Waals surface area contributed by atoms with Gasteiger partial charge in [-0.15, -0.1) is 16.8 Å². The summed E-state index contributed by atoms with van der Waals surface area (Å²) in [5.41, 5.74) is 0.502. The lowest BCUT2D eigenvalue weighted by Gasteiger charge is -2.11. The second-order valence-electron chi connectivity index (χ2n) is 6.20. The van der Waals surface area contributed by atoms with Crippen LogP contribution in [0.5, 0.6) is 11.5 Å². The van der Waals surface area contributed by atoms with Gasteiger partial charge in [-0.05, 0) is 30.3 Å². The van der Waals surface area contributed by atoms with Crippen molar-refractivity contribution >= 4 is 46.6 Å². The lowest BCUT2D eigenvalue weighted by molar-refractivity contribution is -0.113. The van der Waals surface area contributed by atoms with E-state index >= 15 is 0 Å². The molecule has 162 valence electrons. The predicted octanol–water partition coefficient (Wildman–Crippen LogP) is 5.09. The monoisotopic (exact) mass is 478 g/mol. The number of thioether (sulfide) groups is 1. The molecule has 0 radical (unpaired) electrons. The Labute approximate surface area is 194 Å². The summed E-state index contributed by atoms with van der Waals surface area (Å²) in [5.74, 6) is 1.57. The van der Waals surface area contributed by atoms with Gasteiger partial charge >= 0.3 is 0 Å². The molecular weight excluding hydrogens is 459 g/mol. The van der Waals surface area contributed by atoms with Crippen molar-refractivity contribution in [2.75, 3.05) is 18.2 Å². The number of rotatable bonds is 10. The van der Waals surface area contributed by atoms with Crippen LogP contribution in [0.4, 0.5) is 5.69 Å². The van der Waals surface area contributed by atoms with E-state index in [1.165, 1.54) is 18.9 Å². The molecule has 0 atom stereocenters. The van der Waals surface area contributed by atoms with Crippen LogP contribution in [-0.2, 0) is 17.9 Å². The number of nitrogens with zero attached hydrogens (tertiary/aromatic N) is 3. The highest BCUT2D eigenvalue weighted by Crippen LogP contribution is 2.28. The number of hydrogen-bond donors (Lipinski definition) is 1. The van der Waals surface area contributed by atoms with Gasteiger partial charge in [0, 0.05) is 11.6 Å². The number of carbonyl (C=O) groups is 1. The molecule has 0 saturated carbocycles. The lowest BCUT2D eigenvalue weighted by Crippen LogP contribution is -2.15. The first kappa shape index (κ1) is 23.0. The van der Waals surface area contributed by atoms with E-state index in [9.17, 15) is 4.79 Å². The molecule has 0 saturated heterocycles. The number of ether oxygens (including phenoxy) is 2. The van der Waals surface area contributed by atoms with E-state index in [1.807, 2.05) is 16.7 Å². The molecule has 10 heteroatoms.